The summed E-state index contributed by atoms with van der Waals surface area (Å²) < 4.78 is 99.1. The number of benzene rings is 6. The van der Waals surface area contributed by atoms with Gasteiger partial charge in [0, 0.05) is 5.39 Å². The Labute approximate surface area is 367 Å². The molecule has 0 aliphatic heterocycles. The number of azo groups is 2. The van der Waals surface area contributed by atoms with Crippen molar-refractivity contribution in [1.82, 2.24) is 0 Å². The van der Waals surface area contributed by atoms with Crippen LogP contribution in [0.2, 0.25) is 0 Å². The third-order valence-electron chi connectivity index (χ3n) is 8.20. The van der Waals surface area contributed by atoms with E-state index in [0.29, 0.717) is 11.4 Å². The van der Waals surface area contributed by atoms with Gasteiger partial charge in [0.1, 0.15) is 26.5 Å². The van der Waals surface area contributed by atoms with Gasteiger partial charge < -0.3 is 13.8 Å². The molecular weight excluding hydrogens is 803 g/mol. The van der Waals surface area contributed by atoms with Crippen LogP contribution >= 0.6 is 0 Å². The second kappa shape index (κ2) is 17.7. The molecule has 0 atom stereocenters. The van der Waals surface area contributed by atoms with Crippen molar-refractivity contribution in [3.8, 4) is 22.6 Å². The first-order valence-corrected chi connectivity index (χ1v) is 20.0. The van der Waals surface area contributed by atoms with Crippen molar-refractivity contribution in [3.63, 3.8) is 0 Å². The monoisotopic (exact) mass is 831 g/mol. The molecule has 0 aliphatic rings. The Morgan fingerprint density at radius 2 is 1.09 bits per heavy atom. The molecule has 2 N–H and O–H groups in total. The fourth-order valence-electron chi connectivity index (χ4n) is 5.47. The topological polar surface area (TPSA) is 225 Å². The Hall–Kier alpha value is -3.85. The fourth-order valence-corrected chi connectivity index (χ4v) is 7.56. The molecule has 0 aromatic heterocycles. The molecule has 14 nitrogen and oxygen atoms in total. The minimum Gasteiger partial charge on any atom is -0.744 e. The summed E-state index contributed by atoms with van der Waals surface area (Å²) in [7, 11) is -13.9. The van der Waals surface area contributed by atoms with E-state index in [0.717, 1.165) is 52.1 Å². The molecular formula is C37H29N4Na2O10S3+. The van der Waals surface area contributed by atoms with Crippen LogP contribution < -0.4 is 63.3 Å². The number of aryl methyl sites for hydroxylation is 3. The van der Waals surface area contributed by atoms with Crippen molar-refractivity contribution >= 4 is 63.9 Å². The average Bonchev–Trinajstić information content (AvgIpc) is 3.10. The molecule has 276 valence electrons. The number of rotatable bonds is 10. The van der Waals surface area contributed by atoms with Crippen LogP contribution in [0.5, 0.6) is 11.5 Å². The largest absolute Gasteiger partial charge is 1.00 e. The van der Waals surface area contributed by atoms with E-state index in [1.54, 1.807) is 48.5 Å². The molecule has 6 aromatic rings. The van der Waals surface area contributed by atoms with Crippen molar-refractivity contribution in [3.05, 3.63) is 126 Å². The summed E-state index contributed by atoms with van der Waals surface area (Å²) in [6.45, 7) is 5.58. The Morgan fingerprint density at radius 1 is 0.589 bits per heavy atom. The number of fused-ring (bicyclic) bond motifs is 1. The van der Waals surface area contributed by atoms with Crippen molar-refractivity contribution < 1.29 is 103 Å². The zero-order valence-corrected chi connectivity index (χ0v) is 37.0. The molecule has 0 radical (unpaired) electrons. The van der Waals surface area contributed by atoms with Crippen LogP contribution in [0.3, 0.4) is 0 Å². The van der Waals surface area contributed by atoms with Gasteiger partial charge in [0.05, 0.1) is 26.9 Å². The summed E-state index contributed by atoms with van der Waals surface area (Å²) in [5.41, 5.74) is 4.97. The summed E-state index contributed by atoms with van der Waals surface area (Å²) in [4.78, 5) is -1.45. The summed E-state index contributed by atoms with van der Waals surface area (Å²) in [6, 6.07) is 26.9. The van der Waals surface area contributed by atoms with Crippen LogP contribution in [0.25, 0.3) is 21.9 Å². The predicted octanol–water partition coefficient (Wildman–Crippen LogP) is 2.89. The third kappa shape index (κ3) is 10.4. The average molecular weight is 832 g/mol. The molecule has 56 heavy (non-hydrogen) atoms. The third-order valence-corrected chi connectivity index (χ3v) is 11.2. The van der Waals surface area contributed by atoms with Crippen LogP contribution in [0.15, 0.2) is 144 Å². The second-order valence-corrected chi connectivity index (χ2v) is 16.4. The zero-order valence-electron chi connectivity index (χ0n) is 30.6. The minimum absolute atomic E-state index is 0. The van der Waals surface area contributed by atoms with E-state index in [4.69, 9.17) is 4.18 Å². The summed E-state index contributed by atoms with van der Waals surface area (Å²) in [5, 5.41) is 27.2. The fraction of sp³-hybridized carbons (Fsp3) is 0.0811. The van der Waals surface area contributed by atoms with Crippen LogP contribution in [-0.4, -0.2) is 39.5 Å². The number of nitrogens with zero attached hydrogens (tertiary/aromatic N) is 4. The Morgan fingerprint density at radius 3 is 1.61 bits per heavy atom. The van der Waals surface area contributed by atoms with E-state index < -0.39 is 51.6 Å². The van der Waals surface area contributed by atoms with E-state index in [1.807, 2.05) is 32.9 Å². The van der Waals surface area contributed by atoms with Crippen molar-refractivity contribution in [2.24, 2.45) is 20.5 Å². The van der Waals surface area contributed by atoms with Crippen molar-refractivity contribution in [2.75, 3.05) is 0 Å². The Kier molecular flexibility index (Phi) is 14.2. The van der Waals surface area contributed by atoms with Gasteiger partial charge in [0.2, 0.25) is 0 Å². The van der Waals surface area contributed by atoms with Crippen LogP contribution in [-0.2, 0) is 30.4 Å². The minimum atomic E-state index is -5.21. The molecule has 0 saturated heterocycles. The van der Waals surface area contributed by atoms with Crippen molar-refractivity contribution in [2.45, 2.75) is 35.5 Å². The first kappa shape index (κ1) is 44.9. The van der Waals surface area contributed by atoms with E-state index >= 15 is 0 Å². The van der Waals surface area contributed by atoms with Gasteiger partial charge in [-0.2, -0.15) is 32.2 Å². The maximum atomic E-state index is 12.6. The number of hydrogen-bond acceptors (Lipinski definition) is 13. The van der Waals surface area contributed by atoms with Crippen LogP contribution in [0.4, 0.5) is 22.7 Å². The van der Waals surface area contributed by atoms with Gasteiger partial charge in [-0.1, -0.05) is 29.8 Å². The molecule has 0 bridgehead atoms. The van der Waals surface area contributed by atoms with E-state index in [2.05, 4.69) is 20.5 Å². The van der Waals surface area contributed by atoms with E-state index in [9.17, 15) is 39.5 Å². The van der Waals surface area contributed by atoms with Gasteiger partial charge in [-0.15, -0.1) is 5.11 Å². The molecule has 0 fully saturated rings. The molecule has 6 rings (SSSR count). The Bertz CT molecular complexity index is 2850. The molecule has 0 heterocycles. The van der Waals surface area contributed by atoms with Gasteiger partial charge in [0.25, 0.3) is 10.1 Å². The number of phenolic OH excluding ortho intramolecular Hbond substituents is 1. The molecule has 0 unspecified atom stereocenters. The van der Waals surface area contributed by atoms with E-state index in [1.165, 1.54) is 24.3 Å². The molecule has 0 aliphatic carbocycles. The van der Waals surface area contributed by atoms with Gasteiger partial charge in [-0.3, -0.25) is 4.55 Å². The Balaban J connectivity index is 0.00000348. The van der Waals surface area contributed by atoms with Gasteiger partial charge >= 0.3 is 69.2 Å². The smallest absolute Gasteiger partial charge is 0.744 e. The van der Waals surface area contributed by atoms with E-state index in [-0.39, 0.29) is 86.2 Å². The molecule has 0 amide bonds. The summed E-state index contributed by atoms with van der Waals surface area (Å²) >= 11 is 0. The van der Waals surface area contributed by atoms with Gasteiger partial charge in [-0.25, -0.2) is 8.42 Å². The van der Waals surface area contributed by atoms with Gasteiger partial charge in [0.15, 0.2) is 5.75 Å². The normalized spacial score (nSPS) is 12.1. The maximum absolute atomic E-state index is 12.6. The zero-order chi connectivity index (χ0) is 39.0. The first-order chi connectivity index (χ1) is 25.4. The molecule has 19 heteroatoms. The molecule has 0 spiro atoms. The first-order valence-electron chi connectivity index (χ1n) is 15.8. The quantitative estimate of drug-likeness (QED) is 0.0889. The van der Waals surface area contributed by atoms with Crippen molar-refractivity contribution in [1.29, 1.82) is 0 Å². The molecule has 0 saturated carbocycles. The number of aromatic hydroxyl groups is 1. The van der Waals surface area contributed by atoms with Gasteiger partial charge in [-0.05, 0) is 133 Å². The summed E-state index contributed by atoms with van der Waals surface area (Å²) in [5.74, 6) is -0.590. The molecule has 6 aromatic carbocycles. The SMILES string of the molecule is Cc1ccc(S(=O)(=O)Oc2ccc(N=Nc3ccc(-c4ccc(N=Nc5c(S(=O)(=O)[O-])cc6cc(S(=O)(=O)O)ccc6c5O)cc4C)c(C)c3)cc2)cc1.[Na+].[Na+]. The summed E-state index contributed by atoms with van der Waals surface area (Å²) in [6.07, 6.45) is 0. The van der Waals surface area contributed by atoms with Crippen LogP contribution in [0, 0.1) is 20.8 Å². The maximum Gasteiger partial charge on any atom is 1.00 e. The standard InChI is InChI=1S/C37H30N4O10S3.2Na/c1-22-4-12-30(13-5-22)54(49,50)51-29-10-6-26(7-11-29)38-39-27-8-15-32(23(2)18-27)33-16-9-28(19-24(33)3)40-41-36-35(53(46,47)48)21-25-20-31(52(43,44)45)14-17-34(25)37(36)42;;/h4-21,42H,1-3H3,(H,43,44,45)(H,46,47,48);;/q;2*+1/p-1. The number of hydrogen-bond donors (Lipinski definition) is 2. The second-order valence-electron chi connectivity index (χ2n) is 12.1. The number of phenols is 1. The van der Waals surface area contributed by atoms with Crippen LogP contribution in [0.1, 0.15) is 16.7 Å². The predicted molar refractivity (Wildman–Crippen MR) is 199 cm³/mol.